The molecule has 4 nitrogen and oxygen atoms in total. The number of hydrogen-bond donors (Lipinski definition) is 2. The molecule has 1 aromatic rings. The van der Waals surface area contributed by atoms with Gasteiger partial charge in [-0.25, -0.2) is 0 Å². The monoisotopic (exact) mass is 270 g/mol. The zero-order valence-corrected chi connectivity index (χ0v) is 11.6. The van der Waals surface area contributed by atoms with Crippen LogP contribution in [0.4, 0.5) is 5.69 Å². The molecule has 0 aliphatic heterocycles. The van der Waals surface area contributed by atoms with Gasteiger partial charge in [0.1, 0.15) is 5.75 Å². The first-order valence-corrected chi connectivity index (χ1v) is 6.20. The van der Waals surface area contributed by atoms with Crippen LogP contribution in [0.1, 0.15) is 20.3 Å². The van der Waals surface area contributed by atoms with Gasteiger partial charge < -0.3 is 15.8 Å². The van der Waals surface area contributed by atoms with Crippen molar-refractivity contribution in [2.75, 3.05) is 12.4 Å². The van der Waals surface area contributed by atoms with Crippen LogP contribution in [-0.2, 0) is 4.79 Å². The summed E-state index contributed by atoms with van der Waals surface area (Å²) in [6.45, 7) is 3.97. The molecule has 18 heavy (non-hydrogen) atoms. The summed E-state index contributed by atoms with van der Waals surface area (Å²) < 4.78 is 5.15. The van der Waals surface area contributed by atoms with Gasteiger partial charge in [0.15, 0.2) is 0 Å². The second-order valence-electron chi connectivity index (χ2n) is 4.50. The molecule has 0 saturated heterocycles. The lowest BCUT2D eigenvalue weighted by atomic mass is 10.0. The Hall–Kier alpha value is -1.26. The fraction of sp³-hybridized carbons (Fsp3) is 0.462. The van der Waals surface area contributed by atoms with Gasteiger partial charge in [0.2, 0.25) is 5.91 Å². The number of methoxy groups -OCH3 is 1. The number of nitrogens with two attached hydrogens (primary N) is 1. The molecule has 1 rings (SSSR count). The average molecular weight is 271 g/mol. The Bertz CT molecular complexity index is 421. The smallest absolute Gasteiger partial charge is 0.226 e. The number of nitrogens with one attached hydrogen (secondary N) is 1. The van der Waals surface area contributed by atoms with E-state index >= 15 is 0 Å². The number of rotatable bonds is 5. The molecule has 1 atom stereocenters. The minimum Gasteiger partial charge on any atom is -0.495 e. The van der Waals surface area contributed by atoms with Crippen LogP contribution in [0, 0.1) is 5.92 Å². The van der Waals surface area contributed by atoms with E-state index in [1.54, 1.807) is 25.3 Å². The summed E-state index contributed by atoms with van der Waals surface area (Å²) >= 11 is 5.88. The van der Waals surface area contributed by atoms with Crippen LogP contribution in [-0.4, -0.2) is 19.1 Å². The Kier molecular flexibility index (Phi) is 5.44. The molecule has 0 saturated carbocycles. The first-order valence-electron chi connectivity index (χ1n) is 5.83. The predicted octanol–water partition coefficient (Wildman–Crippen LogP) is 2.66. The minimum absolute atomic E-state index is 0.142. The van der Waals surface area contributed by atoms with E-state index in [2.05, 4.69) is 5.32 Å². The summed E-state index contributed by atoms with van der Waals surface area (Å²) in [5.41, 5.74) is 6.41. The Morgan fingerprint density at radius 2 is 2.17 bits per heavy atom. The summed E-state index contributed by atoms with van der Waals surface area (Å²) in [5.74, 6) is 0.694. The van der Waals surface area contributed by atoms with Crippen LogP contribution >= 0.6 is 11.6 Å². The number of halogens is 1. The lowest BCUT2D eigenvalue weighted by Crippen LogP contribution is -2.31. The standard InChI is InChI=1S/C13H19ClN2O2/c1-8(2)10(15)7-13(17)16-11-6-9(14)4-5-12(11)18-3/h4-6,8,10H,7,15H2,1-3H3,(H,16,17). The Balaban J connectivity index is 2.72. The number of benzene rings is 1. The van der Waals surface area contributed by atoms with Gasteiger partial charge in [-0.05, 0) is 24.1 Å². The van der Waals surface area contributed by atoms with E-state index in [-0.39, 0.29) is 24.3 Å². The lowest BCUT2D eigenvalue weighted by molar-refractivity contribution is -0.116. The van der Waals surface area contributed by atoms with Crippen molar-refractivity contribution in [1.82, 2.24) is 0 Å². The third-order valence-corrected chi connectivity index (χ3v) is 2.95. The molecular weight excluding hydrogens is 252 g/mol. The minimum atomic E-state index is -0.157. The van der Waals surface area contributed by atoms with Gasteiger partial charge in [-0.15, -0.1) is 0 Å². The van der Waals surface area contributed by atoms with Crippen LogP contribution in [0.2, 0.25) is 5.02 Å². The normalized spacial score (nSPS) is 12.3. The third-order valence-electron chi connectivity index (χ3n) is 2.71. The Labute approximate surface area is 112 Å². The summed E-state index contributed by atoms with van der Waals surface area (Å²) in [7, 11) is 1.54. The van der Waals surface area contributed by atoms with Gasteiger partial charge >= 0.3 is 0 Å². The van der Waals surface area contributed by atoms with Gasteiger partial charge in [-0.1, -0.05) is 25.4 Å². The van der Waals surface area contributed by atoms with Crippen LogP contribution in [0.5, 0.6) is 5.75 Å². The SMILES string of the molecule is COc1ccc(Cl)cc1NC(=O)CC(N)C(C)C. The Morgan fingerprint density at radius 3 is 2.72 bits per heavy atom. The van der Waals surface area contributed by atoms with Gasteiger partial charge in [0.05, 0.1) is 12.8 Å². The molecule has 1 unspecified atom stereocenters. The van der Waals surface area contributed by atoms with Crippen LogP contribution in [0.3, 0.4) is 0 Å². The molecular formula is C13H19ClN2O2. The van der Waals surface area contributed by atoms with Gasteiger partial charge in [0.25, 0.3) is 0 Å². The van der Waals surface area contributed by atoms with Crippen LogP contribution in [0.15, 0.2) is 18.2 Å². The lowest BCUT2D eigenvalue weighted by Gasteiger charge is -2.16. The van der Waals surface area contributed by atoms with E-state index in [0.717, 1.165) is 0 Å². The number of hydrogen-bond acceptors (Lipinski definition) is 3. The van der Waals surface area contributed by atoms with E-state index in [4.69, 9.17) is 22.1 Å². The maximum atomic E-state index is 11.8. The fourth-order valence-corrected chi connectivity index (χ4v) is 1.60. The molecule has 0 bridgehead atoms. The first-order chi connectivity index (χ1) is 8.43. The molecule has 0 aliphatic rings. The molecule has 0 aromatic heterocycles. The van der Waals surface area contributed by atoms with Crippen molar-refractivity contribution < 1.29 is 9.53 Å². The molecule has 1 amide bonds. The van der Waals surface area contributed by atoms with Crippen molar-refractivity contribution in [2.24, 2.45) is 11.7 Å². The molecule has 5 heteroatoms. The molecule has 1 aromatic carbocycles. The molecule has 0 aliphatic carbocycles. The fourth-order valence-electron chi connectivity index (χ4n) is 1.43. The number of anilines is 1. The number of ether oxygens (including phenoxy) is 1. The highest BCUT2D eigenvalue weighted by molar-refractivity contribution is 6.31. The third kappa shape index (κ3) is 4.20. The van der Waals surface area contributed by atoms with E-state index in [0.29, 0.717) is 16.5 Å². The van der Waals surface area contributed by atoms with Crippen molar-refractivity contribution in [3.05, 3.63) is 23.2 Å². The first kappa shape index (κ1) is 14.8. The molecule has 3 N–H and O–H groups in total. The van der Waals surface area contributed by atoms with Crippen molar-refractivity contribution in [2.45, 2.75) is 26.3 Å². The van der Waals surface area contributed by atoms with Gasteiger partial charge in [0, 0.05) is 17.5 Å². The quantitative estimate of drug-likeness (QED) is 0.865. The molecule has 0 heterocycles. The van der Waals surface area contributed by atoms with Crippen molar-refractivity contribution in [3.8, 4) is 5.75 Å². The molecule has 0 radical (unpaired) electrons. The van der Waals surface area contributed by atoms with Crippen LogP contribution in [0.25, 0.3) is 0 Å². The Morgan fingerprint density at radius 1 is 1.50 bits per heavy atom. The number of amides is 1. The second-order valence-corrected chi connectivity index (χ2v) is 4.94. The van der Waals surface area contributed by atoms with E-state index in [1.807, 2.05) is 13.8 Å². The summed E-state index contributed by atoms with van der Waals surface area (Å²) in [5, 5.41) is 3.30. The highest BCUT2D eigenvalue weighted by Gasteiger charge is 2.14. The maximum absolute atomic E-state index is 11.8. The maximum Gasteiger partial charge on any atom is 0.226 e. The molecule has 100 valence electrons. The highest BCUT2D eigenvalue weighted by Crippen LogP contribution is 2.27. The van der Waals surface area contributed by atoms with E-state index < -0.39 is 0 Å². The zero-order chi connectivity index (χ0) is 13.7. The largest absolute Gasteiger partial charge is 0.495 e. The van der Waals surface area contributed by atoms with Gasteiger partial charge in [-0.2, -0.15) is 0 Å². The highest BCUT2D eigenvalue weighted by atomic mass is 35.5. The van der Waals surface area contributed by atoms with Crippen molar-refractivity contribution >= 4 is 23.2 Å². The van der Waals surface area contributed by atoms with Gasteiger partial charge in [-0.3, -0.25) is 4.79 Å². The number of carbonyl (C=O) groups excluding carboxylic acids is 1. The average Bonchev–Trinajstić information content (AvgIpc) is 2.28. The predicted molar refractivity (Wildman–Crippen MR) is 74.1 cm³/mol. The van der Waals surface area contributed by atoms with E-state index in [1.165, 1.54) is 0 Å². The molecule has 0 spiro atoms. The second kappa shape index (κ2) is 6.61. The molecule has 0 fully saturated rings. The summed E-state index contributed by atoms with van der Waals surface area (Å²) in [6.07, 6.45) is 0.271. The van der Waals surface area contributed by atoms with E-state index in [9.17, 15) is 4.79 Å². The summed E-state index contributed by atoms with van der Waals surface area (Å²) in [6, 6.07) is 4.91. The van der Waals surface area contributed by atoms with Crippen LogP contribution < -0.4 is 15.8 Å². The summed E-state index contributed by atoms with van der Waals surface area (Å²) in [4.78, 5) is 11.8. The zero-order valence-electron chi connectivity index (χ0n) is 10.9. The van der Waals surface area contributed by atoms with Crippen molar-refractivity contribution in [3.63, 3.8) is 0 Å². The topological polar surface area (TPSA) is 64.3 Å². The number of carbonyl (C=O) groups is 1. The van der Waals surface area contributed by atoms with Crippen molar-refractivity contribution in [1.29, 1.82) is 0 Å².